The van der Waals surface area contributed by atoms with Crippen LogP contribution in [0.4, 0.5) is 0 Å². The summed E-state index contributed by atoms with van der Waals surface area (Å²) in [6, 6.07) is 5.63. The first-order valence-corrected chi connectivity index (χ1v) is 5.30. The van der Waals surface area contributed by atoms with Gasteiger partial charge in [0.25, 0.3) is 0 Å². The lowest BCUT2D eigenvalue weighted by Gasteiger charge is -2.16. The Morgan fingerprint density at radius 1 is 1.12 bits per heavy atom. The minimum Gasteiger partial charge on any atom is -0.480 e. The second-order valence-electron chi connectivity index (χ2n) is 3.43. The number of ether oxygens (including phenoxy) is 1. The first-order valence-electron chi connectivity index (χ1n) is 5.30. The van der Waals surface area contributed by atoms with Crippen molar-refractivity contribution in [2.75, 3.05) is 14.2 Å². The highest BCUT2D eigenvalue weighted by Gasteiger charge is 2.19. The van der Waals surface area contributed by atoms with Gasteiger partial charge < -0.3 is 10.1 Å². The fraction of sp³-hybridized carbons (Fsp3) is 0.250. The molecule has 2 heterocycles. The number of rotatable bonds is 4. The van der Waals surface area contributed by atoms with Crippen LogP contribution in [-0.4, -0.2) is 29.1 Å². The summed E-state index contributed by atoms with van der Waals surface area (Å²) in [5, 5.41) is 3.16. The van der Waals surface area contributed by atoms with Crippen molar-refractivity contribution in [1.29, 1.82) is 0 Å². The molecule has 2 aromatic heterocycles. The summed E-state index contributed by atoms with van der Waals surface area (Å²) in [4.78, 5) is 12.8. The Balaban J connectivity index is 2.42. The molecule has 0 aliphatic carbocycles. The molecule has 0 aromatic carbocycles. The summed E-state index contributed by atoms with van der Waals surface area (Å²) >= 11 is 0. The topological polar surface area (TPSA) is 59.9 Å². The molecule has 88 valence electrons. The third kappa shape index (κ3) is 2.39. The van der Waals surface area contributed by atoms with Gasteiger partial charge in [0, 0.05) is 18.6 Å². The molecule has 0 fully saturated rings. The molecule has 0 radical (unpaired) electrons. The molecule has 2 aromatic rings. The van der Waals surface area contributed by atoms with Gasteiger partial charge in [-0.1, -0.05) is 6.07 Å². The van der Waals surface area contributed by atoms with Gasteiger partial charge in [0.1, 0.15) is 5.69 Å². The first kappa shape index (κ1) is 11.5. The molecule has 2 rings (SSSR count). The van der Waals surface area contributed by atoms with E-state index in [1.807, 2.05) is 25.2 Å². The van der Waals surface area contributed by atoms with Crippen LogP contribution >= 0.6 is 0 Å². The van der Waals surface area contributed by atoms with E-state index in [2.05, 4.69) is 20.3 Å². The Hall–Kier alpha value is -2.01. The zero-order chi connectivity index (χ0) is 12.1. The van der Waals surface area contributed by atoms with Gasteiger partial charge in [-0.25, -0.2) is 4.98 Å². The highest BCUT2D eigenvalue weighted by molar-refractivity contribution is 5.28. The van der Waals surface area contributed by atoms with Gasteiger partial charge in [0.15, 0.2) is 0 Å². The monoisotopic (exact) mass is 230 g/mol. The van der Waals surface area contributed by atoms with E-state index in [0.717, 1.165) is 11.4 Å². The van der Waals surface area contributed by atoms with Gasteiger partial charge in [-0.15, -0.1) is 0 Å². The molecule has 5 heteroatoms. The third-order valence-electron chi connectivity index (χ3n) is 2.43. The highest BCUT2D eigenvalue weighted by Crippen LogP contribution is 2.24. The van der Waals surface area contributed by atoms with Crippen LogP contribution in [0.2, 0.25) is 0 Å². The number of nitrogens with one attached hydrogen (secondary N) is 1. The van der Waals surface area contributed by atoms with E-state index in [4.69, 9.17) is 4.74 Å². The predicted molar refractivity (Wildman–Crippen MR) is 63.7 cm³/mol. The largest absolute Gasteiger partial charge is 0.480 e. The van der Waals surface area contributed by atoms with Gasteiger partial charge >= 0.3 is 0 Å². The molecule has 0 bridgehead atoms. The van der Waals surface area contributed by atoms with Crippen molar-refractivity contribution in [3.8, 4) is 5.88 Å². The molecule has 0 amide bonds. The van der Waals surface area contributed by atoms with Crippen LogP contribution in [0.3, 0.4) is 0 Å². The van der Waals surface area contributed by atoms with Crippen LogP contribution in [0.25, 0.3) is 0 Å². The summed E-state index contributed by atoms with van der Waals surface area (Å²) < 4.78 is 5.21. The Bertz CT molecular complexity index is 475. The second-order valence-corrected chi connectivity index (χ2v) is 3.43. The van der Waals surface area contributed by atoms with Gasteiger partial charge in [0.05, 0.1) is 18.8 Å². The average Bonchev–Trinajstić information content (AvgIpc) is 2.41. The molecule has 1 N–H and O–H groups in total. The maximum atomic E-state index is 5.21. The molecular weight excluding hydrogens is 216 g/mol. The van der Waals surface area contributed by atoms with E-state index in [-0.39, 0.29) is 6.04 Å². The molecule has 0 spiro atoms. The quantitative estimate of drug-likeness (QED) is 0.855. The molecule has 5 nitrogen and oxygen atoms in total. The lowest BCUT2D eigenvalue weighted by Crippen LogP contribution is -2.21. The van der Waals surface area contributed by atoms with Crippen molar-refractivity contribution in [3.63, 3.8) is 0 Å². The molecule has 0 aliphatic heterocycles. The Morgan fingerprint density at radius 3 is 2.59 bits per heavy atom. The molecule has 1 atom stereocenters. The number of hydrogen-bond acceptors (Lipinski definition) is 5. The maximum Gasteiger partial charge on any atom is 0.237 e. The predicted octanol–water partition coefficient (Wildman–Crippen LogP) is 1.19. The van der Waals surface area contributed by atoms with Crippen LogP contribution in [-0.2, 0) is 0 Å². The molecule has 1 unspecified atom stereocenters. The summed E-state index contributed by atoms with van der Waals surface area (Å²) in [6.45, 7) is 0. The highest BCUT2D eigenvalue weighted by atomic mass is 16.5. The van der Waals surface area contributed by atoms with E-state index in [1.165, 1.54) is 0 Å². The zero-order valence-corrected chi connectivity index (χ0v) is 9.79. The van der Waals surface area contributed by atoms with Crippen LogP contribution in [0.1, 0.15) is 17.4 Å². The van der Waals surface area contributed by atoms with Crippen LogP contribution < -0.4 is 10.1 Å². The van der Waals surface area contributed by atoms with Crippen molar-refractivity contribution >= 4 is 0 Å². The van der Waals surface area contributed by atoms with Crippen LogP contribution in [0.5, 0.6) is 5.88 Å². The molecule has 0 saturated carbocycles. The van der Waals surface area contributed by atoms with Crippen molar-refractivity contribution in [2.45, 2.75) is 6.04 Å². The zero-order valence-electron chi connectivity index (χ0n) is 9.79. The van der Waals surface area contributed by atoms with Crippen LogP contribution in [0, 0.1) is 0 Å². The van der Waals surface area contributed by atoms with E-state index >= 15 is 0 Å². The standard InChI is InChI=1S/C12H14N4O/c1-13-10(9-5-3-4-6-14-9)11-12(17-2)16-8-7-15-11/h3-8,10,13H,1-2H3. The molecule has 17 heavy (non-hydrogen) atoms. The molecule has 0 saturated heterocycles. The van der Waals surface area contributed by atoms with Crippen molar-refractivity contribution in [1.82, 2.24) is 20.3 Å². The number of aromatic nitrogens is 3. The van der Waals surface area contributed by atoms with Gasteiger partial charge in [-0.05, 0) is 19.2 Å². The Kier molecular flexibility index (Phi) is 3.62. The lowest BCUT2D eigenvalue weighted by atomic mass is 10.1. The lowest BCUT2D eigenvalue weighted by molar-refractivity contribution is 0.383. The summed E-state index contributed by atoms with van der Waals surface area (Å²) in [5.74, 6) is 0.512. The third-order valence-corrected chi connectivity index (χ3v) is 2.43. The normalized spacial score (nSPS) is 12.1. The summed E-state index contributed by atoms with van der Waals surface area (Å²) in [5.41, 5.74) is 1.62. The van der Waals surface area contributed by atoms with Crippen molar-refractivity contribution < 1.29 is 4.74 Å². The summed E-state index contributed by atoms with van der Waals surface area (Å²) in [7, 11) is 3.44. The maximum absolute atomic E-state index is 5.21. The van der Waals surface area contributed by atoms with E-state index < -0.39 is 0 Å². The smallest absolute Gasteiger partial charge is 0.237 e. The number of methoxy groups -OCH3 is 1. The van der Waals surface area contributed by atoms with Crippen molar-refractivity contribution in [3.05, 3.63) is 48.2 Å². The average molecular weight is 230 g/mol. The second kappa shape index (κ2) is 5.36. The van der Waals surface area contributed by atoms with E-state index in [1.54, 1.807) is 25.7 Å². The molecule has 0 aliphatic rings. The first-order chi connectivity index (χ1) is 8.36. The Morgan fingerprint density at radius 2 is 1.94 bits per heavy atom. The van der Waals surface area contributed by atoms with Crippen molar-refractivity contribution in [2.24, 2.45) is 0 Å². The molecular formula is C12H14N4O. The van der Waals surface area contributed by atoms with Gasteiger partial charge in [-0.3, -0.25) is 9.97 Å². The summed E-state index contributed by atoms with van der Waals surface area (Å²) in [6.07, 6.45) is 5.00. The van der Waals surface area contributed by atoms with E-state index in [9.17, 15) is 0 Å². The fourth-order valence-corrected chi connectivity index (χ4v) is 1.66. The van der Waals surface area contributed by atoms with Crippen LogP contribution in [0.15, 0.2) is 36.8 Å². The number of pyridine rings is 1. The minimum absolute atomic E-state index is 0.125. The number of hydrogen-bond donors (Lipinski definition) is 1. The fourth-order valence-electron chi connectivity index (χ4n) is 1.66. The van der Waals surface area contributed by atoms with Gasteiger partial charge in [-0.2, -0.15) is 0 Å². The SMILES string of the molecule is CNC(c1ccccn1)c1nccnc1OC. The Labute approximate surface area is 99.9 Å². The van der Waals surface area contributed by atoms with E-state index in [0.29, 0.717) is 5.88 Å². The number of nitrogens with zero attached hydrogens (tertiary/aromatic N) is 3. The minimum atomic E-state index is -0.125. The van der Waals surface area contributed by atoms with Gasteiger partial charge in [0.2, 0.25) is 5.88 Å².